The number of hydrogen-bond acceptors (Lipinski definition) is 2. The summed E-state index contributed by atoms with van der Waals surface area (Å²) < 4.78 is 5.75. The van der Waals surface area contributed by atoms with Crippen LogP contribution in [0.15, 0.2) is 0 Å². The molecule has 86 valence electrons. The Bertz CT molecular complexity index is 143. The van der Waals surface area contributed by atoms with Crippen molar-refractivity contribution in [1.29, 1.82) is 0 Å². The summed E-state index contributed by atoms with van der Waals surface area (Å²) in [5.41, 5.74) is 0.230. The highest BCUT2D eigenvalue weighted by molar-refractivity contribution is 4.72. The fourth-order valence-corrected chi connectivity index (χ4v) is 1.02. The monoisotopic (exact) mass is 201 g/mol. The summed E-state index contributed by atoms with van der Waals surface area (Å²) in [6.45, 7) is 15.0. The molecule has 2 heteroatoms. The molecule has 0 aromatic carbocycles. The van der Waals surface area contributed by atoms with Crippen LogP contribution in [0.2, 0.25) is 0 Å². The summed E-state index contributed by atoms with van der Waals surface area (Å²) in [6.07, 6.45) is 1.47. The van der Waals surface area contributed by atoms with Gasteiger partial charge in [-0.25, -0.2) is 0 Å². The van der Waals surface area contributed by atoms with E-state index in [1.165, 1.54) is 0 Å². The van der Waals surface area contributed by atoms with Gasteiger partial charge in [0.2, 0.25) is 0 Å². The molecule has 0 saturated heterocycles. The van der Waals surface area contributed by atoms with Crippen LogP contribution < -0.4 is 5.32 Å². The highest BCUT2D eigenvalue weighted by Gasteiger charge is 2.19. The Labute approximate surface area is 89.4 Å². The van der Waals surface area contributed by atoms with Crippen molar-refractivity contribution in [3.8, 4) is 0 Å². The Morgan fingerprint density at radius 2 is 1.79 bits per heavy atom. The number of rotatable bonds is 7. The largest absolute Gasteiger partial charge is 0.378 e. The molecule has 0 saturated carbocycles. The predicted molar refractivity (Wildman–Crippen MR) is 62.6 cm³/mol. The molecule has 0 aliphatic heterocycles. The van der Waals surface area contributed by atoms with E-state index in [1.54, 1.807) is 0 Å². The minimum atomic E-state index is 0.230. The van der Waals surface area contributed by atoms with Crippen molar-refractivity contribution < 1.29 is 4.74 Å². The van der Waals surface area contributed by atoms with Gasteiger partial charge in [0.05, 0.1) is 12.7 Å². The van der Waals surface area contributed by atoms with Gasteiger partial charge in [-0.15, -0.1) is 0 Å². The fraction of sp³-hybridized carbons (Fsp3) is 1.00. The van der Waals surface area contributed by atoms with Crippen molar-refractivity contribution in [2.24, 2.45) is 5.41 Å². The van der Waals surface area contributed by atoms with Crippen LogP contribution in [0, 0.1) is 5.41 Å². The maximum Gasteiger partial charge on any atom is 0.0544 e. The molecule has 0 heterocycles. The second-order valence-corrected chi connectivity index (χ2v) is 5.23. The van der Waals surface area contributed by atoms with Crippen LogP contribution in [0.3, 0.4) is 0 Å². The average molecular weight is 201 g/mol. The van der Waals surface area contributed by atoms with E-state index in [0.29, 0.717) is 12.1 Å². The van der Waals surface area contributed by atoms with E-state index in [9.17, 15) is 0 Å². The van der Waals surface area contributed by atoms with Crippen LogP contribution in [-0.4, -0.2) is 25.3 Å². The lowest BCUT2D eigenvalue weighted by Crippen LogP contribution is -2.37. The van der Waals surface area contributed by atoms with E-state index in [1.807, 2.05) is 0 Å². The van der Waals surface area contributed by atoms with Crippen LogP contribution in [0.1, 0.15) is 48.0 Å². The summed E-state index contributed by atoms with van der Waals surface area (Å²) in [5, 5.41) is 3.45. The van der Waals surface area contributed by atoms with Gasteiger partial charge in [-0.05, 0) is 13.3 Å². The maximum atomic E-state index is 5.75. The van der Waals surface area contributed by atoms with Gasteiger partial charge in [0.1, 0.15) is 0 Å². The van der Waals surface area contributed by atoms with Crippen LogP contribution in [0.25, 0.3) is 0 Å². The molecule has 0 bridgehead atoms. The van der Waals surface area contributed by atoms with Crippen molar-refractivity contribution in [2.45, 2.75) is 60.1 Å². The highest BCUT2D eigenvalue weighted by atomic mass is 16.5. The van der Waals surface area contributed by atoms with Gasteiger partial charge in [0.15, 0.2) is 0 Å². The standard InChI is InChI=1S/C12H27NO/c1-7-11(4)14-9-12(5,6)8-13-10(2)3/h10-11,13H,7-9H2,1-6H3. The quantitative estimate of drug-likeness (QED) is 0.684. The molecule has 0 aliphatic rings. The maximum absolute atomic E-state index is 5.75. The van der Waals surface area contributed by atoms with Crippen LogP contribution in [-0.2, 0) is 4.74 Å². The van der Waals surface area contributed by atoms with Gasteiger partial charge >= 0.3 is 0 Å². The smallest absolute Gasteiger partial charge is 0.0544 e. The number of hydrogen-bond donors (Lipinski definition) is 1. The van der Waals surface area contributed by atoms with Crippen molar-refractivity contribution in [1.82, 2.24) is 5.32 Å². The zero-order chi connectivity index (χ0) is 11.2. The average Bonchev–Trinajstić information content (AvgIpc) is 2.11. The Hall–Kier alpha value is -0.0800. The lowest BCUT2D eigenvalue weighted by atomic mass is 9.94. The van der Waals surface area contributed by atoms with Crippen LogP contribution in [0.5, 0.6) is 0 Å². The molecule has 0 amide bonds. The van der Waals surface area contributed by atoms with Gasteiger partial charge in [-0.2, -0.15) is 0 Å². The first kappa shape index (κ1) is 13.9. The lowest BCUT2D eigenvalue weighted by molar-refractivity contribution is 0.0103. The van der Waals surface area contributed by atoms with Crippen molar-refractivity contribution >= 4 is 0 Å². The van der Waals surface area contributed by atoms with Gasteiger partial charge < -0.3 is 10.1 Å². The highest BCUT2D eigenvalue weighted by Crippen LogP contribution is 2.15. The first-order chi connectivity index (χ1) is 6.37. The minimum Gasteiger partial charge on any atom is -0.378 e. The predicted octanol–water partition coefficient (Wildman–Crippen LogP) is 2.83. The zero-order valence-corrected chi connectivity index (χ0v) is 10.7. The molecule has 0 fully saturated rings. The Kier molecular flexibility index (Phi) is 6.38. The third-order valence-electron chi connectivity index (χ3n) is 2.32. The molecule has 1 N–H and O–H groups in total. The van der Waals surface area contributed by atoms with E-state index in [2.05, 4.69) is 46.9 Å². The molecule has 0 rings (SSSR count). The summed E-state index contributed by atoms with van der Waals surface area (Å²) in [5.74, 6) is 0. The lowest BCUT2D eigenvalue weighted by Gasteiger charge is -2.27. The third-order valence-corrected chi connectivity index (χ3v) is 2.32. The van der Waals surface area contributed by atoms with Gasteiger partial charge in [-0.3, -0.25) is 0 Å². The van der Waals surface area contributed by atoms with E-state index < -0.39 is 0 Å². The molecule has 0 aromatic rings. The minimum absolute atomic E-state index is 0.230. The zero-order valence-electron chi connectivity index (χ0n) is 10.7. The molecule has 0 aliphatic carbocycles. The second-order valence-electron chi connectivity index (χ2n) is 5.23. The molecule has 2 nitrogen and oxygen atoms in total. The fourth-order valence-electron chi connectivity index (χ4n) is 1.02. The molecule has 14 heavy (non-hydrogen) atoms. The Balaban J connectivity index is 3.71. The summed E-state index contributed by atoms with van der Waals surface area (Å²) in [6, 6.07) is 0.554. The third kappa shape index (κ3) is 7.34. The van der Waals surface area contributed by atoms with E-state index in [4.69, 9.17) is 4.74 Å². The van der Waals surface area contributed by atoms with E-state index in [0.717, 1.165) is 19.6 Å². The normalized spacial score (nSPS) is 14.8. The molecule has 1 atom stereocenters. The molecule has 0 spiro atoms. The summed E-state index contributed by atoms with van der Waals surface area (Å²) in [7, 11) is 0. The molecular weight excluding hydrogens is 174 g/mol. The Morgan fingerprint density at radius 3 is 2.21 bits per heavy atom. The van der Waals surface area contributed by atoms with Crippen molar-refractivity contribution in [3.05, 3.63) is 0 Å². The second kappa shape index (κ2) is 6.41. The van der Waals surface area contributed by atoms with Crippen molar-refractivity contribution in [3.63, 3.8) is 0 Å². The molecule has 1 unspecified atom stereocenters. The van der Waals surface area contributed by atoms with Crippen LogP contribution >= 0.6 is 0 Å². The molecule has 0 aromatic heterocycles. The van der Waals surface area contributed by atoms with Crippen LogP contribution in [0.4, 0.5) is 0 Å². The first-order valence-corrected chi connectivity index (χ1v) is 5.72. The summed E-state index contributed by atoms with van der Waals surface area (Å²) in [4.78, 5) is 0. The number of ether oxygens (including phenoxy) is 1. The molecular formula is C12H27NO. The van der Waals surface area contributed by atoms with Crippen molar-refractivity contribution in [2.75, 3.05) is 13.2 Å². The van der Waals surface area contributed by atoms with E-state index >= 15 is 0 Å². The van der Waals surface area contributed by atoms with Gasteiger partial charge in [0, 0.05) is 18.0 Å². The summed E-state index contributed by atoms with van der Waals surface area (Å²) >= 11 is 0. The van der Waals surface area contributed by atoms with Gasteiger partial charge in [0.25, 0.3) is 0 Å². The SMILES string of the molecule is CCC(C)OCC(C)(C)CNC(C)C. The van der Waals surface area contributed by atoms with E-state index in [-0.39, 0.29) is 5.41 Å². The van der Waals surface area contributed by atoms with Gasteiger partial charge in [-0.1, -0.05) is 34.6 Å². The topological polar surface area (TPSA) is 21.3 Å². The Morgan fingerprint density at radius 1 is 1.21 bits per heavy atom. The molecule has 0 radical (unpaired) electrons. The first-order valence-electron chi connectivity index (χ1n) is 5.72. The number of nitrogens with one attached hydrogen (secondary N) is 1.